The molecular formula is C12H23N3O2. The van der Waals surface area contributed by atoms with Gasteiger partial charge in [0, 0.05) is 18.5 Å². The number of carbonyl (C=O) groups excluding carboxylic acids is 2. The Morgan fingerprint density at radius 3 is 2.41 bits per heavy atom. The van der Waals surface area contributed by atoms with E-state index in [1.165, 1.54) is 0 Å². The van der Waals surface area contributed by atoms with Crippen molar-refractivity contribution in [2.45, 2.75) is 45.7 Å². The molecule has 1 fully saturated rings. The Morgan fingerprint density at radius 1 is 1.24 bits per heavy atom. The molecule has 0 aromatic heterocycles. The molecule has 1 saturated carbocycles. The van der Waals surface area contributed by atoms with Gasteiger partial charge in [0.25, 0.3) is 0 Å². The third-order valence-corrected chi connectivity index (χ3v) is 2.82. The molecule has 98 valence electrons. The molecular weight excluding hydrogens is 218 g/mol. The van der Waals surface area contributed by atoms with Crippen molar-refractivity contribution in [3.05, 3.63) is 0 Å². The van der Waals surface area contributed by atoms with Gasteiger partial charge < -0.3 is 16.0 Å². The van der Waals surface area contributed by atoms with Gasteiger partial charge in [0.1, 0.15) is 6.04 Å². The number of nitrogens with one attached hydrogen (secondary N) is 3. The fourth-order valence-electron chi connectivity index (χ4n) is 1.43. The third-order valence-electron chi connectivity index (χ3n) is 2.82. The molecule has 0 spiro atoms. The lowest BCUT2D eigenvalue weighted by Crippen LogP contribution is -2.48. The first-order valence-electron chi connectivity index (χ1n) is 6.36. The van der Waals surface area contributed by atoms with Gasteiger partial charge in [-0.25, -0.2) is 0 Å². The van der Waals surface area contributed by atoms with Crippen molar-refractivity contribution in [1.82, 2.24) is 16.0 Å². The molecule has 5 nitrogen and oxygen atoms in total. The summed E-state index contributed by atoms with van der Waals surface area (Å²) in [6, 6.07) is -0.117. The lowest BCUT2D eigenvalue weighted by molar-refractivity contribution is -0.130. The van der Waals surface area contributed by atoms with Crippen LogP contribution >= 0.6 is 0 Å². The Balaban J connectivity index is 2.25. The van der Waals surface area contributed by atoms with Crippen LogP contribution in [0.5, 0.6) is 0 Å². The molecule has 0 saturated heterocycles. The Labute approximate surface area is 103 Å². The van der Waals surface area contributed by atoms with E-state index < -0.39 is 6.04 Å². The summed E-state index contributed by atoms with van der Waals surface area (Å²) in [7, 11) is 0. The molecule has 0 radical (unpaired) electrons. The van der Waals surface area contributed by atoms with Crippen LogP contribution in [-0.4, -0.2) is 37.0 Å². The minimum atomic E-state index is -0.452. The van der Waals surface area contributed by atoms with E-state index in [0.29, 0.717) is 12.6 Å². The highest BCUT2D eigenvalue weighted by atomic mass is 16.2. The maximum absolute atomic E-state index is 11.7. The Bertz CT molecular complexity index is 277. The van der Waals surface area contributed by atoms with E-state index in [4.69, 9.17) is 0 Å². The van der Waals surface area contributed by atoms with Crippen LogP contribution in [0, 0.1) is 5.92 Å². The molecule has 2 amide bonds. The molecule has 0 aliphatic heterocycles. The predicted octanol–water partition coefficient (Wildman–Crippen LogP) is 0.0153. The number of carbonyl (C=O) groups is 2. The summed E-state index contributed by atoms with van der Waals surface area (Å²) >= 11 is 0. The fourth-order valence-corrected chi connectivity index (χ4v) is 1.43. The summed E-state index contributed by atoms with van der Waals surface area (Å²) in [5.74, 6) is -0.285. The zero-order chi connectivity index (χ0) is 12.8. The molecule has 0 heterocycles. The van der Waals surface area contributed by atoms with Crippen LogP contribution in [0.25, 0.3) is 0 Å². The van der Waals surface area contributed by atoms with E-state index in [2.05, 4.69) is 16.0 Å². The molecule has 2 atom stereocenters. The van der Waals surface area contributed by atoms with E-state index in [1.807, 2.05) is 13.8 Å². The second-order valence-electron chi connectivity index (χ2n) is 4.72. The van der Waals surface area contributed by atoms with Crippen molar-refractivity contribution in [3.8, 4) is 0 Å². The topological polar surface area (TPSA) is 70.2 Å². The van der Waals surface area contributed by atoms with Gasteiger partial charge >= 0.3 is 0 Å². The van der Waals surface area contributed by atoms with Gasteiger partial charge in [0.2, 0.25) is 11.8 Å². The summed E-state index contributed by atoms with van der Waals surface area (Å²) < 4.78 is 0. The number of hydrogen-bond acceptors (Lipinski definition) is 3. The van der Waals surface area contributed by atoms with Gasteiger partial charge in [-0.05, 0) is 26.3 Å². The first kappa shape index (κ1) is 14.0. The lowest BCUT2D eigenvalue weighted by atomic mass is 10.1. The van der Waals surface area contributed by atoms with E-state index in [1.54, 1.807) is 6.92 Å². The molecule has 0 bridgehead atoms. The molecule has 17 heavy (non-hydrogen) atoms. The Hall–Kier alpha value is -1.10. The summed E-state index contributed by atoms with van der Waals surface area (Å²) in [6.45, 7) is 7.05. The van der Waals surface area contributed by atoms with Crippen molar-refractivity contribution < 1.29 is 9.59 Å². The minimum absolute atomic E-state index is 0.0793. The second kappa shape index (κ2) is 6.59. The highest BCUT2D eigenvalue weighted by Crippen LogP contribution is 2.18. The Kier molecular flexibility index (Phi) is 5.41. The number of amides is 2. The largest absolute Gasteiger partial charge is 0.352 e. The minimum Gasteiger partial charge on any atom is -0.352 e. The quantitative estimate of drug-likeness (QED) is 0.588. The monoisotopic (exact) mass is 241 g/mol. The molecule has 1 aliphatic rings. The summed E-state index contributed by atoms with van der Waals surface area (Å²) in [5, 5.41) is 8.71. The molecule has 0 aromatic carbocycles. The molecule has 0 aromatic rings. The predicted molar refractivity (Wildman–Crippen MR) is 66.5 cm³/mol. The van der Waals surface area contributed by atoms with Gasteiger partial charge in [-0.1, -0.05) is 13.8 Å². The molecule has 1 rings (SSSR count). The number of rotatable bonds is 7. The second-order valence-corrected chi connectivity index (χ2v) is 4.72. The van der Waals surface area contributed by atoms with Crippen LogP contribution in [-0.2, 0) is 9.59 Å². The maximum Gasteiger partial charge on any atom is 0.242 e. The molecule has 1 aliphatic carbocycles. The zero-order valence-corrected chi connectivity index (χ0v) is 10.9. The average Bonchev–Trinajstić information content (AvgIpc) is 3.09. The van der Waals surface area contributed by atoms with E-state index in [9.17, 15) is 9.59 Å². The first-order chi connectivity index (χ1) is 8.04. The van der Waals surface area contributed by atoms with Crippen LogP contribution in [0.1, 0.15) is 33.6 Å². The van der Waals surface area contributed by atoms with Crippen LogP contribution in [0.2, 0.25) is 0 Å². The Morgan fingerprint density at radius 2 is 1.88 bits per heavy atom. The van der Waals surface area contributed by atoms with Crippen molar-refractivity contribution >= 4 is 11.8 Å². The van der Waals surface area contributed by atoms with Crippen molar-refractivity contribution in [2.24, 2.45) is 5.92 Å². The van der Waals surface area contributed by atoms with E-state index >= 15 is 0 Å². The zero-order valence-electron chi connectivity index (χ0n) is 10.9. The normalized spacial score (nSPS) is 18.3. The summed E-state index contributed by atoms with van der Waals surface area (Å²) in [6.07, 6.45) is 2.12. The summed E-state index contributed by atoms with van der Waals surface area (Å²) in [5.41, 5.74) is 0. The van der Waals surface area contributed by atoms with E-state index in [0.717, 1.165) is 19.4 Å². The number of hydrogen-bond donors (Lipinski definition) is 3. The standard InChI is InChI=1S/C12H23N3O2/c1-4-13-7-8(2)11(16)14-9(3)12(17)15-10-5-6-10/h8-10,13H,4-7H2,1-3H3,(H,14,16)(H,15,17). The van der Waals surface area contributed by atoms with Crippen molar-refractivity contribution in [1.29, 1.82) is 0 Å². The van der Waals surface area contributed by atoms with Crippen LogP contribution < -0.4 is 16.0 Å². The summed E-state index contributed by atoms with van der Waals surface area (Å²) in [4.78, 5) is 23.4. The molecule has 2 unspecified atom stereocenters. The highest BCUT2D eigenvalue weighted by molar-refractivity contribution is 5.88. The highest BCUT2D eigenvalue weighted by Gasteiger charge is 2.26. The van der Waals surface area contributed by atoms with E-state index in [-0.39, 0.29) is 17.7 Å². The van der Waals surface area contributed by atoms with Gasteiger partial charge in [-0.3, -0.25) is 9.59 Å². The van der Waals surface area contributed by atoms with Gasteiger partial charge in [0.15, 0.2) is 0 Å². The van der Waals surface area contributed by atoms with Crippen LogP contribution in [0.4, 0.5) is 0 Å². The van der Waals surface area contributed by atoms with Crippen molar-refractivity contribution in [3.63, 3.8) is 0 Å². The van der Waals surface area contributed by atoms with Crippen molar-refractivity contribution in [2.75, 3.05) is 13.1 Å². The first-order valence-corrected chi connectivity index (χ1v) is 6.36. The lowest BCUT2D eigenvalue weighted by Gasteiger charge is -2.17. The van der Waals surface area contributed by atoms with Crippen LogP contribution in [0.15, 0.2) is 0 Å². The van der Waals surface area contributed by atoms with Gasteiger partial charge in [0.05, 0.1) is 0 Å². The van der Waals surface area contributed by atoms with Gasteiger partial charge in [-0.15, -0.1) is 0 Å². The molecule has 5 heteroatoms. The van der Waals surface area contributed by atoms with Gasteiger partial charge in [-0.2, -0.15) is 0 Å². The smallest absolute Gasteiger partial charge is 0.242 e. The average molecular weight is 241 g/mol. The third kappa shape index (κ3) is 5.17. The fraction of sp³-hybridized carbons (Fsp3) is 0.833. The molecule has 3 N–H and O–H groups in total. The SMILES string of the molecule is CCNCC(C)C(=O)NC(C)C(=O)NC1CC1. The van der Waals surface area contributed by atoms with Crippen LogP contribution in [0.3, 0.4) is 0 Å². The maximum atomic E-state index is 11.7.